The molecule has 1 amide bonds. The lowest BCUT2D eigenvalue weighted by Crippen LogP contribution is -2.34. The van der Waals surface area contributed by atoms with Crippen LogP contribution in [0, 0.1) is 9.39 Å². The van der Waals surface area contributed by atoms with Crippen molar-refractivity contribution >= 4 is 45.8 Å². The van der Waals surface area contributed by atoms with Gasteiger partial charge in [-0.2, -0.15) is 0 Å². The summed E-state index contributed by atoms with van der Waals surface area (Å²) in [6.45, 7) is 0.295. The zero-order valence-corrected chi connectivity index (χ0v) is 14.0. The molecule has 0 aromatic heterocycles. The summed E-state index contributed by atoms with van der Waals surface area (Å²) in [5, 5.41) is 0.0861. The number of hydrogen-bond acceptors (Lipinski definition) is 1. The Morgan fingerprint density at radius 2 is 2.05 bits per heavy atom. The van der Waals surface area contributed by atoms with Crippen LogP contribution in [0.1, 0.15) is 17.5 Å². The molecule has 1 aliphatic heterocycles. The second-order valence-electron chi connectivity index (χ2n) is 4.97. The van der Waals surface area contributed by atoms with Gasteiger partial charge in [0.25, 0.3) is 0 Å². The van der Waals surface area contributed by atoms with E-state index in [1.54, 1.807) is 17.0 Å². The van der Waals surface area contributed by atoms with Gasteiger partial charge in [0, 0.05) is 15.7 Å². The first-order valence-corrected chi connectivity index (χ1v) is 8.03. The van der Waals surface area contributed by atoms with Crippen molar-refractivity contribution in [1.82, 2.24) is 0 Å². The first-order chi connectivity index (χ1) is 10.1. The fourth-order valence-electron chi connectivity index (χ4n) is 2.54. The summed E-state index contributed by atoms with van der Waals surface area (Å²) in [5.74, 6) is -0.412. The number of halogens is 3. The van der Waals surface area contributed by atoms with Gasteiger partial charge in [-0.3, -0.25) is 4.79 Å². The molecular formula is C16H12ClFINO. The molecular weight excluding hydrogens is 404 g/mol. The van der Waals surface area contributed by atoms with Crippen LogP contribution in [0.15, 0.2) is 36.4 Å². The lowest BCUT2D eigenvalue weighted by atomic mass is 10.0. The molecule has 3 rings (SSSR count). The SMILES string of the molecule is O=C1CCc2cc(I)ccc2N1Cc1cccc(F)c1Cl. The number of hydrogen-bond donors (Lipinski definition) is 0. The average molecular weight is 416 g/mol. The molecule has 0 atom stereocenters. The van der Waals surface area contributed by atoms with E-state index in [0.29, 0.717) is 18.5 Å². The average Bonchev–Trinajstić information content (AvgIpc) is 2.46. The summed E-state index contributed by atoms with van der Waals surface area (Å²) >= 11 is 8.26. The van der Waals surface area contributed by atoms with E-state index in [2.05, 4.69) is 28.7 Å². The van der Waals surface area contributed by atoms with Crippen LogP contribution in [0.4, 0.5) is 10.1 Å². The molecule has 0 saturated carbocycles. The van der Waals surface area contributed by atoms with Crippen molar-refractivity contribution < 1.29 is 9.18 Å². The van der Waals surface area contributed by atoms with Gasteiger partial charge in [0.2, 0.25) is 5.91 Å². The van der Waals surface area contributed by atoms with E-state index in [-0.39, 0.29) is 10.9 Å². The molecule has 0 fully saturated rings. The molecule has 108 valence electrons. The Bertz CT molecular complexity index is 719. The Hall–Kier alpha value is -1.14. The fraction of sp³-hybridized carbons (Fsp3) is 0.188. The third-order valence-corrected chi connectivity index (χ3v) is 4.70. The van der Waals surface area contributed by atoms with Crippen LogP contribution < -0.4 is 4.90 Å². The number of amides is 1. The second kappa shape index (κ2) is 5.93. The summed E-state index contributed by atoms with van der Waals surface area (Å²) in [4.78, 5) is 13.9. The smallest absolute Gasteiger partial charge is 0.227 e. The minimum Gasteiger partial charge on any atom is -0.308 e. The highest BCUT2D eigenvalue weighted by Crippen LogP contribution is 2.32. The first-order valence-electron chi connectivity index (χ1n) is 6.58. The molecule has 1 aliphatic rings. The first kappa shape index (κ1) is 14.8. The predicted octanol–water partition coefficient (Wildman–Crippen LogP) is 4.56. The van der Waals surface area contributed by atoms with Gasteiger partial charge in [-0.1, -0.05) is 23.7 Å². The van der Waals surface area contributed by atoms with Gasteiger partial charge < -0.3 is 4.90 Å². The molecule has 2 aromatic rings. The van der Waals surface area contributed by atoms with Gasteiger partial charge in [0.15, 0.2) is 0 Å². The number of anilines is 1. The number of fused-ring (bicyclic) bond motifs is 1. The van der Waals surface area contributed by atoms with Crippen molar-refractivity contribution in [3.63, 3.8) is 0 Å². The molecule has 0 saturated heterocycles. The Morgan fingerprint density at radius 3 is 2.86 bits per heavy atom. The lowest BCUT2D eigenvalue weighted by Gasteiger charge is -2.30. The van der Waals surface area contributed by atoms with Gasteiger partial charge >= 0.3 is 0 Å². The number of rotatable bonds is 2. The van der Waals surface area contributed by atoms with Gasteiger partial charge in [0.1, 0.15) is 5.82 Å². The van der Waals surface area contributed by atoms with Crippen molar-refractivity contribution in [1.29, 1.82) is 0 Å². The van der Waals surface area contributed by atoms with E-state index in [1.165, 1.54) is 6.07 Å². The van der Waals surface area contributed by atoms with E-state index in [9.17, 15) is 9.18 Å². The molecule has 0 spiro atoms. The van der Waals surface area contributed by atoms with E-state index in [1.807, 2.05) is 12.1 Å². The van der Waals surface area contributed by atoms with Gasteiger partial charge in [-0.05, 0) is 64.4 Å². The molecule has 0 bridgehead atoms. The second-order valence-corrected chi connectivity index (χ2v) is 6.59. The van der Waals surface area contributed by atoms with Gasteiger partial charge in [-0.25, -0.2) is 4.39 Å². The van der Waals surface area contributed by atoms with Crippen LogP contribution in [0.2, 0.25) is 5.02 Å². The summed E-state index contributed by atoms with van der Waals surface area (Å²) in [6, 6.07) is 10.7. The van der Waals surface area contributed by atoms with E-state index in [0.717, 1.165) is 21.2 Å². The minimum absolute atomic E-state index is 0.0454. The topological polar surface area (TPSA) is 20.3 Å². The van der Waals surface area contributed by atoms with Crippen LogP contribution in [0.5, 0.6) is 0 Å². The lowest BCUT2D eigenvalue weighted by molar-refractivity contribution is -0.119. The molecule has 0 radical (unpaired) electrons. The Morgan fingerprint density at radius 1 is 1.24 bits per heavy atom. The highest BCUT2D eigenvalue weighted by Gasteiger charge is 2.25. The van der Waals surface area contributed by atoms with Crippen molar-refractivity contribution in [2.24, 2.45) is 0 Å². The molecule has 21 heavy (non-hydrogen) atoms. The number of carbonyl (C=O) groups is 1. The van der Waals surface area contributed by atoms with Crippen molar-refractivity contribution in [2.75, 3.05) is 4.90 Å². The molecule has 5 heteroatoms. The molecule has 0 N–H and O–H groups in total. The highest BCUT2D eigenvalue weighted by atomic mass is 127. The monoisotopic (exact) mass is 415 g/mol. The quantitative estimate of drug-likeness (QED) is 0.658. The maximum Gasteiger partial charge on any atom is 0.227 e. The maximum absolute atomic E-state index is 13.5. The third-order valence-electron chi connectivity index (χ3n) is 3.60. The minimum atomic E-state index is -0.457. The van der Waals surface area contributed by atoms with E-state index >= 15 is 0 Å². The molecule has 0 aliphatic carbocycles. The molecule has 2 aromatic carbocycles. The zero-order chi connectivity index (χ0) is 15.0. The Labute approximate surface area is 141 Å². The van der Waals surface area contributed by atoms with Crippen molar-refractivity contribution in [3.05, 3.63) is 61.9 Å². The zero-order valence-electron chi connectivity index (χ0n) is 11.1. The van der Waals surface area contributed by atoms with Crippen LogP contribution >= 0.6 is 34.2 Å². The third kappa shape index (κ3) is 2.92. The summed E-state index contributed by atoms with van der Waals surface area (Å²) in [7, 11) is 0. The van der Waals surface area contributed by atoms with Crippen molar-refractivity contribution in [2.45, 2.75) is 19.4 Å². The highest BCUT2D eigenvalue weighted by molar-refractivity contribution is 14.1. The molecule has 0 unspecified atom stereocenters. The Kier molecular flexibility index (Phi) is 4.17. The van der Waals surface area contributed by atoms with Crippen molar-refractivity contribution in [3.8, 4) is 0 Å². The van der Waals surface area contributed by atoms with Crippen LogP contribution in [0.3, 0.4) is 0 Å². The Balaban J connectivity index is 1.99. The van der Waals surface area contributed by atoms with Crippen LogP contribution in [-0.4, -0.2) is 5.91 Å². The summed E-state index contributed by atoms with van der Waals surface area (Å²) in [6.07, 6.45) is 1.22. The largest absolute Gasteiger partial charge is 0.308 e. The number of aryl methyl sites for hydroxylation is 1. The summed E-state index contributed by atoms with van der Waals surface area (Å²) in [5.41, 5.74) is 2.66. The molecule has 1 heterocycles. The summed E-state index contributed by atoms with van der Waals surface area (Å²) < 4.78 is 14.7. The van der Waals surface area contributed by atoms with Crippen LogP contribution in [0.25, 0.3) is 0 Å². The van der Waals surface area contributed by atoms with Gasteiger partial charge in [-0.15, -0.1) is 0 Å². The van der Waals surface area contributed by atoms with E-state index in [4.69, 9.17) is 11.6 Å². The number of benzene rings is 2. The van der Waals surface area contributed by atoms with Crippen LogP contribution in [-0.2, 0) is 17.8 Å². The fourth-order valence-corrected chi connectivity index (χ4v) is 3.28. The van der Waals surface area contributed by atoms with Gasteiger partial charge in [0.05, 0.1) is 11.6 Å². The predicted molar refractivity (Wildman–Crippen MR) is 90.1 cm³/mol. The molecule has 2 nitrogen and oxygen atoms in total. The number of carbonyl (C=O) groups excluding carboxylic acids is 1. The maximum atomic E-state index is 13.5. The van der Waals surface area contributed by atoms with E-state index < -0.39 is 5.82 Å². The number of nitrogens with zero attached hydrogens (tertiary/aromatic N) is 1. The normalized spacial score (nSPS) is 14.2. The standard InChI is InChI=1S/C16H12ClFINO/c17-16-11(2-1-3-13(16)18)9-20-14-6-5-12(19)8-10(14)4-7-15(20)21/h1-3,5-6,8H,4,7,9H2.